The molecule has 0 radical (unpaired) electrons. The minimum atomic E-state index is -0.504. The maximum Gasteiger partial charge on any atom is 0.133 e. The molecule has 0 aromatic heterocycles. The molecule has 0 saturated heterocycles. The molecule has 1 aliphatic rings. The topological polar surface area (TPSA) is 32.7 Å². The van der Waals surface area contributed by atoms with Crippen molar-refractivity contribution in [3.8, 4) is 5.75 Å². The largest absolute Gasteiger partial charge is 0.490 e. The lowest BCUT2D eigenvalue weighted by Gasteiger charge is -2.30. The van der Waals surface area contributed by atoms with Crippen LogP contribution in [0.2, 0.25) is 0 Å². The highest BCUT2D eigenvalue weighted by Gasteiger charge is 2.18. The Bertz CT molecular complexity index is 678. The Kier molecular flexibility index (Phi) is 5.75. The molecule has 23 heavy (non-hydrogen) atoms. The van der Waals surface area contributed by atoms with Gasteiger partial charge < -0.3 is 9.84 Å². The van der Waals surface area contributed by atoms with Crippen molar-refractivity contribution in [3.05, 3.63) is 62.5 Å². The fraction of sp³-hybridized carbons (Fsp3) is 0.333. The molecule has 0 unspecified atom stereocenters. The number of halogens is 2. The van der Waals surface area contributed by atoms with Crippen LogP contribution in [0.4, 0.5) is 0 Å². The zero-order chi connectivity index (χ0) is 16.2. The van der Waals surface area contributed by atoms with Crippen molar-refractivity contribution in [1.82, 2.24) is 4.90 Å². The van der Waals surface area contributed by atoms with E-state index in [4.69, 9.17) is 4.74 Å². The number of hydrogen-bond acceptors (Lipinski definition) is 3. The number of ether oxygens (including phenoxy) is 1. The predicted octanol–water partition coefficient (Wildman–Crippen LogP) is 4.01. The van der Waals surface area contributed by atoms with Crippen LogP contribution in [0.15, 0.2) is 51.4 Å². The predicted molar refractivity (Wildman–Crippen MR) is 98.8 cm³/mol. The second-order valence-corrected chi connectivity index (χ2v) is 7.56. The van der Waals surface area contributed by atoms with E-state index in [9.17, 15) is 5.11 Å². The molecule has 1 aliphatic heterocycles. The van der Waals surface area contributed by atoms with Crippen molar-refractivity contribution in [1.29, 1.82) is 0 Å². The van der Waals surface area contributed by atoms with Crippen molar-refractivity contribution in [2.75, 3.05) is 19.7 Å². The lowest BCUT2D eigenvalue weighted by atomic mass is 10.00. The molecule has 3 nitrogen and oxygen atoms in total. The van der Waals surface area contributed by atoms with Gasteiger partial charge in [0.1, 0.15) is 18.5 Å². The molecule has 0 fully saturated rings. The summed E-state index contributed by atoms with van der Waals surface area (Å²) in [5.41, 5.74) is 2.79. The minimum absolute atomic E-state index is 0.290. The third-order valence-corrected chi connectivity index (χ3v) is 5.12. The van der Waals surface area contributed by atoms with Gasteiger partial charge in [0, 0.05) is 24.1 Å². The first-order valence-corrected chi connectivity index (χ1v) is 9.25. The van der Waals surface area contributed by atoms with E-state index in [0.29, 0.717) is 13.2 Å². The highest BCUT2D eigenvalue weighted by Crippen LogP contribution is 2.28. The van der Waals surface area contributed by atoms with Gasteiger partial charge in [0.15, 0.2) is 0 Å². The third kappa shape index (κ3) is 4.57. The average molecular weight is 441 g/mol. The third-order valence-electron chi connectivity index (χ3n) is 4.00. The van der Waals surface area contributed by atoms with Crippen LogP contribution in [0.1, 0.15) is 11.1 Å². The number of fused-ring (bicyclic) bond motifs is 1. The van der Waals surface area contributed by atoms with Gasteiger partial charge in [-0.05, 0) is 51.7 Å². The normalized spacial score (nSPS) is 16.0. The van der Waals surface area contributed by atoms with Gasteiger partial charge in [0.05, 0.1) is 4.47 Å². The Morgan fingerprint density at radius 1 is 1.13 bits per heavy atom. The van der Waals surface area contributed by atoms with Crippen molar-refractivity contribution in [2.24, 2.45) is 0 Å². The molecule has 3 rings (SSSR count). The maximum absolute atomic E-state index is 10.3. The average Bonchev–Trinajstić information content (AvgIpc) is 2.54. The molecule has 0 spiro atoms. The van der Waals surface area contributed by atoms with Gasteiger partial charge in [-0.25, -0.2) is 0 Å². The van der Waals surface area contributed by atoms with E-state index in [1.165, 1.54) is 11.1 Å². The molecule has 1 N–H and O–H groups in total. The Labute approximate surface area is 153 Å². The van der Waals surface area contributed by atoms with E-state index in [0.717, 1.165) is 34.2 Å². The van der Waals surface area contributed by atoms with Crippen molar-refractivity contribution in [2.45, 2.75) is 19.1 Å². The van der Waals surface area contributed by atoms with Gasteiger partial charge in [-0.2, -0.15) is 0 Å². The Morgan fingerprint density at radius 3 is 2.70 bits per heavy atom. The first kappa shape index (κ1) is 17.0. The van der Waals surface area contributed by atoms with Crippen LogP contribution in [-0.2, 0) is 13.0 Å². The van der Waals surface area contributed by atoms with Crippen molar-refractivity contribution in [3.63, 3.8) is 0 Å². The van der Waals surface area contributed by atoms with Crippen LogP contribution in [0.25, 0.3) is 0 Å². The fourth-order valence-corrected chi connectivity index (χ4v) is 4.00. The number of aliphatic hydroxyl groups is 1. The summed E-state index contributed by atoms with van der Waals surface area (Å²) >= 11 is 6.88. The molecule has 1 heterocycles. The second-order valence-electron chi connectivity index (χ2n) is 5.79. The minimum Gasteiger partial charge on any atom is -0.490 e. The Hall–Kier alpha value is -0.880. The van der Waals surface area contributed by atoms with Gasteiger partial charge >= 0.3 is 0 Å². The van der Waals surface area contributed by atoms with Crippen molar-refractivity contribution >= 4 is 31.9 Å². The zero-order valence-electron chi connectivity index (χ0n) is 12.7. The molecule has 0 saturated carbocycles. The summed E-state index contributed by atoms with van der Waals surface area (Å²) in [7, 11) is 0. The smallest absolute Gasteiger partial charge is 0.133 e. The molecule has 0 aliphatic carbocycles. The number of rotatable bonds is 5. The molecular weight excluding hydrogens is 422 g/mol. The highest BCUT2D eigenvalue weighted by atomic mass is 79.9. The van der Waals surface area contributed by atoms with Crippen LogP contribution in [0, 0.1) is 0 Å². The number of β-amino-alcohol motifs (C(OH)–C–C–N with tert-alkyl or cyclic N) is 1. The number of hydrogen-bond donors (Lipinski definition) is 1. The molecule has 2 aromatic carbocycles. The summed E-state index contributed by atoms with van der Waals surface area (Å²) in [6, 6.07) is 14.3. The van der Waals surface area contributed by atoms with Crippen LogP contribution >= 0.6 is 31.9 Å². The van der Waals surface area contributed by atoms with Gasteiger partial charge in [-0.1, -0.05) is 40.2 Å². The van der Waals surface area contributed by atoms with Crippen LogP contribution in [0.3, 0.4) is 0 Å². The SMILES string of the molecule is O[C@H](COc1ccc(Br)cc1Br)CN1CCc2ccccc2C1. The highest BCUT2D eigenvalue weighted by molar-refractivity contribution is 9.11. The molecule has 2 aromatic rings. The summed E-state index contributed by atoms with van der Waals surface area (Å²) in [5.74, 6) is 0.747. The summed E-state index contributed by atoms with van der Waals surface area (Å²) in [6.45, 7) is 2.80. The van der Waals surface area contributed by atoms with Crippen LogP contribution < -0.4 is 4.74 Å². The first-order chi connectivity index (χ1) is 11.1. The van der Waals surface area contributed by atoms with E-state index < -0.39 is 6.10 Å². The monoisotopic (exact) mass is 439 g/mol. The van der Waals surface area contributed by atoms with Gasteiger partial charge in [0.25, 0.3) is 0 Å². The molecule has 1 atom stereocenters. The molecular formula is C18H19Br2NO2. The number of benzene rings is 2. The lowest BCUT2D eigenvalue weighted by molar-refractivity contribution is 0.0635. The molecule has 0 amide bonds. The Morgan fingerprint density at radius 2 is 1.91 bits per heavy atom. The van der Waals surface area contributed by atoms with E-state index >= 15 is 0 Å². The maximum atomic E-state index is 10.3. The van der Waals surface area contributed by atoms with E-state index in [2.05, 4.69) is 61.0 Å². The summed E-state index contributed by atoms with van der Waals surface area (Å²) in [5, 5.41) is 10.3. The van der Waals surface area contributed by atoms with Crippen LogP contribution in [0.5, 0.6) is 5.75 Å². The summed E-state index contributed by atoms with van der Waals surface area (Å²) in [4.78, 5) is 2.28. The quantitative estimate of drug-likeness (QED) is 0.762. The van der Waals surface area contributed by atoms with E-state index in [1.807, 2.05) is 18.2 Å². The van der Waals surface area contributed by atoms with E-state index in [-0.39, 0.29) is 0 Å². The summed E-state index contributed by atoms with van der Waals surface area (Å²) < 4.78 is 7.59. The lowest BCUT2D eigenvalue weighted by Crippen LogP contribution is -2.38. The van der Waals surface area contributed by atoms with Gasteiger partial charge in [-0.3, -0.25) is 4.90 Å². The second kappa shape index (κ2) is 7.79. The van der Waals surface area contributed by atoms with Gasteiger partial charge in [-0.15, -0.1) is 0 Å². The number of nitrogens with zero attached hydrogens (tertiary/aromatic N) is 1. The van der Waals surface area contributed by atoms with Crippen LogP contribution in [-0.4, -0.2) is 35.8 Å². The summed E-state index contributed by atoms with van der Waals surface area (Å²) in [6.07, 6.45) is 0.540. The van der Waals surface area contributed by atoms with Gasteiger partial charge in [0.2, 0.25) is 0 Å². The Balaban J connectivity index is 1.51. The number of aliphatic hydroxyl groups excluding tert-OH is 1. The van der Waals surface area contributed by atoms with E-state index in [1.54, 1.807) is 0 Å². The molecule has 122 valence electrons. The zero-order valence-corrected chi connectivity index (χ0v) is 15.9. The molecule has 5 heteroatoms. The molecule has 0 bridgehead atoms. The first-order valence-electron chi connectivity index (χ1n) is 7.67. The standard InChI is InChI=1S/C18H19Br2NO2/c19-15-5-6-18(17(20)9-15)23-12-16(22)11-21-8-7-13-3-1-2-4-14(13)10-21/h1-6,9,16,22H,7-8,10-12H2/t16-/m0/s1. The fourth-order valence-electron chi connectivity index (χ4n) is 2.84. The van der Waals surface area contributed by atoms with Crippen molar-refractivity contribution < 1.29 is 9.84 Å².